The fourth-order valence-electron chi connectivity index (χ4n) is 2.72. The molecule has 0 aliphatic heterocycles. The van der Waals surface area contributed by atoms with E-state index in [0.29, 0.717) is 0 Å². The van der Waals surface area contributed by atoms with Crippen molar-refractivity contribution in [2.45, 2.75) is 0 Å². The average Bonchev–Trinajstić information content (AvgIpc) is 2.62. The van der Waals surface area contributed by atoms with Crippen LogP contribution >= 0.6 is 0 Å². The molecule has 2 heteroatoms. The van der Waals surface area contributed by atoms with E-state index in [1.807, 2.05) is 36.5 Å². The highest BCUT2D eigenvalue weighted by atomic mass is 15.1. The van der Waals surface area contributed by atoms with Gasteiger partial charge in [0.05, 0.1) is 11.7 Å². The minimum absolute atomic E-state index is 0.918. The van der Waals surface area contributed by atoms with Crippen LogP contribution in [0.5, 0.6) is 0 Å². The lowest BCUT2D eigenvalue weighted by Gasteiger charge is -2.08. The Hall–Kier alpha value is -3.00. The molecule has 0 radical (unpaired) electrons. The maximum Gasteiger partial charge on any atom is 0.0936 e. The molecule has 1 aromatic heterocycles. The third kappa shape index (κ3) is 2.25. The van der Waals surface area contributed by atoms with Gasteiger partial charge in [-0.15, -0.1) is 0 Å². The SMILES string of the molecule is c1ccc(-c2ccc3nncc(-c4ccccc4)c3c2)cc1. The molecule has 0 atom stereocenters. The first-order valence-corrected chi connectivity index (χ1v) is 7.28. The Morgan fingerprint density at radius 2 is 1.27 bits per heavy atom. The summed E-state index contributed by atoms with van der Waals surface area (Å²) in [6.07, 6.45) is 1.84. The van der Waals surface area contributed by atoms with Crippen LogP contribution in [-0.2, 0) is 0 Å². The van der Waals surface area contributed by atoms with Gasteiger partial charge < -0.3 is 0 Å². The predicted octanol–water partition coefficient (Wildman–Crippen LogP) is 4.96. The molecule has 3 aromatic carbocycles. The van der Waals surface area contributed by atoms with Crippen molar-refractivity contribution in [1.82, 2.24) is 10.2 Å². The van der Waals surface area contributed by atoms with Crippen LogP contribution in [0.25, 0.3) is 33.2 Å². The third-order valence-corrected chi connectivity index (χ3v) is 3.83. The molecule has 0 fully saturated rings. The lowest BCUT2D eigenvalue weighted by Crippen LogP contribution is -1.89. The van der Waals surface area contributed by atoms with Gasteiger partial charge >= 0.3 is 0 Å². The summed E-state index contributed by atoms with van der Waals surface area (Å²) in [4.78, 5) is 0. The summed E-state index contributed by atoms with van der Waals surface area (Å²) in [5.41, 5.74) is 5.59. The van der Waals surface area contributed by atoms with Crippen LogP contribution < -0.4 is 0 Å². The quantitative estimate of drug-likeness (QED) is 0.519. The summed E-state index contributed by atoms with van der Waals surface area (Å²) in [5, 5.41) is 9.52. The Balaban J connectivity index is 1.95. The van der Waals surface area contributed by atoms with Gasteiger partial charge in [0.15, 0.2) is 0 Å². The molecule has 0 saturated carbocycles. The molecule has 0 saturated heterocycles. The van der Waals surface area contributed by atoms with Gasteiger partial charge in [0.25, 0.3) is 0 Å². The van der Waals surface area contributed by atoms with Crippen LogP contribution in [0, 0.1) is 0 Å². The fraction of sp³-hybridized carbons (Fsp3) is 0. The second-order valence-corrected chi connectivity index (χ2v) is 5.22. The van der Waals surface area contributed by atoms with Crippen molar-refractivity contribution in [2.75, 3.05) is 0 Å². The zero-order valence-electron chi connectivity index (χ0n) is 12.0. The number of rotatable bonds is 2. The monoisotopic (exact) mass is 282 g/mol. The Morgan fingerprint density at radius 1 is 0.591 bits per heavy atom. The summed E-state index contributed by atoms with van der Waals surface area (Å²) in [6.45, 7) is 0. The second-order valence-electron chi connectivity index (χ2n) is 5.22. The molecular weight excluding hydrogens is 268 g/mol. The van der Waals surface area contributed by atoms with E-state index >= 15 is 0 Å². The number of hydrogen-bond donors (Lipinski definition) is 0. The number of fused-ring (bicyclic) bond motifs is 1. The molecular formula is C20H14N2. The van der Waals surface area contributed by atoms with Gasteiger partial charge in [-0.25, -0.2) is 0 Å². The van der Waals surface area contributed by atoms with E-state index in [4.69, 9.17) is 0 Å². The highest BCUT2D eigenvalue weighted by Crippen LogP contribution is 2.30. The van der Waals surface area contributed by atoms with Crippen molar-refractivity contribution < 1.29 is 0 Å². The highest BCUT2D eigenvalue weighted by molar-refractivity contribution is 5.96. The minimum Gasteiger partial charge on any atom is -0.158 e. The van der Waals surface area contributed by atoms with Gasteiger partial charge in [0.1, 0.15) is 0 Å². The lowest BCUT2D eigenvalue weighted by atomic mass is 9.98. The van der Waals surface area contributed by atoms with Crippen LogP contribution in [-0.4, -0.2) is 10.2 Å². The maximum atomic E-state index is 4.25. The van der Waals surface area contributed by atoms with Crippen molar-refractivity contribution >= 4 is 10.9 Å². The van der Waals surface area contributed by atoms with E-state index in [-0.39, 0.29) is 0 Å². The lowest BCUT2D eigenvalue weighted by molar-refractivity contribution is 1.08. The maximum absolute atomic E-state index is 4.25. The van der Waals surface area contributed by atoms with Gasteiger partial charge in [-0.2, -0.15) is 10.2 Å². The zero-order chi connectivity index (χ0) is 14.8. The molecule has 0 spiro atoms. The van der Waals surface area contributed by atoms with E-state index < -0.39 is 0 Å². The number of hydrogen-bond acceptors (Lipinski definition) is 2. The molecule has 0 N–H and O–H groups in total. The molecule has 0 unspecified atom stereocenters. The Morgan fingerprint density at radius 3 is 2.00 bits per heavy atom. The first-order chi connectivity index (χ1) is 10.9. The van der Waals surface area contributed by atoms with Crippen LogP contribution in [0.3, 0.4) is 0 Å². The van der Waals surface area contributed by atoms with E-state index in [2.05, 4.69) is 58.7 Å². The Labute approximate surface area is 129 Å². The van der Waals surface area contributed by atoms with Crippen molar-refractivity contribution in [3.8, 4) is 22.3 Å². The Bertz CT molecular complexity index is 916. The molecule has 2 nitrogen and oxygen atoms in total. The molecule has 22 heavy (non-hydrogen) atoms. The molecule has 0 bridgehead atoms. The van der Waals surface area contributed by atoms with Gasteiger partial charge in [-0.3, -0.25) is 0 Å². The van der Waals surface area contributed by atoms with Crippen LogP contribution in [0.4, 0.5) is 0 Å². The molecule has 0 aliphatic carbocycles. The topological polar surface area (TPSA) is 25.8 Å². The number of nitrogens with zero attached hydrogens (tertiary/aromatic N) is 2. The van der Waals surface area contributed by atoms with Crippen LogP contribution in [0.2, 0.25) is 0 Å². The van der Waals surface area contributed by atoms with Crippen LogP contribution in [0.1, 0.15) is 0 Å². The van der Waals surface area contributed by atoms with E-state index in [1.165, 1.54) is 11.1 Å². The molecule has 4 aromatic rings. The summed E-state index contributed by atoms with van der Waals surface area (Å²) in [7, 11) is 0. The first-order valence-electron chi connectivity index (χ1n) is 7.28. The van der Waals surface area contributed by atoms with E-state index in [9.17, 15) is 0 Å². The molecule has 0 amide bonds. The summed E-state index contributed by atoms with van der Waals surface area (Å²) in [5.74, 6) is 0. The summed E-state index contributed by atoms with van der Waals surface area (Å²) < 4.78 is 0. The Kier molecular flexibility index (Phi) is 3.13. The van der Waals surface area contributed by atoms with Gasteiger partial charge in [0.2, 0.25) is 0 Å². The summed E-state index contributed by atoms with van der Waals surface area (Å²) >= 11 is 0. The average molecular weight is 282 g/mol. The van der Waals surface area contributed by atoms with Gasteiger partial charge in [-0.1, -0.05) is 66.7 Å². The predicted molar refractivity (Wildman–Crippen MR) is 90.4 cm³/mol. The van der Waals surface area contributed by atoms with Crippen molar-refractivity contribution in [3.63, 3.8) is 0 Å². The van der Waals surface area contributed by atoms with Crippen molar-refractivity contribution in [3.05, 3.63) is 85.1 Å². The van der Waals surface area contributed by atoms with Gasteiger partial charge in [0, 0.05) is 10.9 Å². The van der Waals surface area contributed by atoms with Crippen molar-refractivity contribution in [1.29, 1.82) is 0 Å². The van der Waals surface area contributed by atoms with Crippen LogP contribution in [0.15, 0.2) is 85.1 Å². The zero-order valence-corrected chi connectivity index (χ0v) is 12.0. The second kappa shape index (κ2) is 5.41. The molecule has 4 rings (SSSR count). The molecule has 1 heterocycles. The first kappa shape index (κ1) is 12.7. The number of aromatic nitrogens is 2. The minimum atomic E-state index is 0.918. The number of benzene rings is 3. The normalized spacial score (nSPS) is 10.7. The molecule has 104 valence electrons. The third-order valence-electron chi connectivity index (χ3n) is 3.83. The standard InChI is InChI=1S/C20H14N2/c1-3-7-15(8-4-1)17-11-12-20-18(13-17)19(14-21-22-20)16-9-5-2-6-10-16/h1-14H. The van der Waals surface area contributed by atoms with E-state index in [0.717, 1.165) is 22.0 Å². The summed E-state index contributed by atoms with van der Waals surface area (Å²) in [6, 6.07) is 27.0. The van der Waals surface area contributed by atoms with E-state index in [1.54, 1.807) is 0 Å². The smallest absolute Gasteiger partial charge is 0.0936 e. The highest BCUT2D eigenvalue weighted by Gasteiger charge is 2.07. The fourth-order valence-corrected chi connectivity index (χ4v) is 2.72. The van der Waals surface area contributed by atoms with Gasteiger partial charge in [-0.05, 0) is 28.8 Å². The van der Waals surface area contributed by atoms with Crippen molar-refractivity contribution in [2.24, 2.45) is 0 Å². The molecule has 0 aliphatic rings. The largest absolute Gasteiger partial charge is 0.158 e.